The van der Waals surface area contributed by atoms with Gasteiger partial charge in [-0.2, -0.15) is 4.98 Å². The molecule has 29 heavy (non-hydrogen) atoms. The van der Waals surface area contributed by atoms with Crippen molar-refractivity contribution < 1.29 is 9.32 Å². The van der Waals surface area contributed by atoms with Crippen LogP contribution in [0.5, 0.6) is 0 Å². The van der Waals surface area contributed by atoms with Crippen LogP contribution in [0.2, 0.25) is 0 Å². The molecule has 1 unspecified atom stereocenters. The zero-order valence-electron chi connectivity index (χ0n) is 17.2. The van der Waals surface area contributed by atoms with E-state index in [0.717, 1.165) is 81.8 Å². The second-order valence-electron chi connectivity index (χ2n) is 8.73. The average molecular weight is 399 g/mol. The van der Waals surface area contributed by atoms with Gasteiger partial charge in [-0.15, -0.1) is 0 Å². The maximum Gasteiger partial charge on any atom is 0.263 e. The summed E-state index contributed by atoms with van der Waals surface area (Å²) in [6.07, 6.45) is 8.28. The fourth-order valence-electron chi connectivity index (χ4n) is 5.32. The van der Waals surface area contributed by atoms with Crippen LogP contribution in [0.15, 0.2) is 10.9 Å². The molecule has 3 aliphatic rings. The van der Waals surface area contributed by atoms with Gasteiger partial charge in [-0.3, -0.25) is 9.69 Å². The summed E-state index contributed by atoms with van der Waals surface area (Å²) in [7, 11) is 0. The molecule has 1 amide bonds. The van der Waals surface area contributed by atoms with Crippen molar-refractivity contribution in [3.63, 3.8) is 0 Å². The molecule has 0 bridgehead atoms. The summed E-state index contributed by atoms with van der Waals surface area (Å²) in [6, 6.07) is 0.557. The molecule has 0 N–H and O–H groups in total. The molecule has 3 fully saturated rings. The molecule has 0 aliphatic carbocycles. The highest BCUT2D eigenvalue weighted by Gasteiger charge is 2.34. The van der Waals surface area contributed by atoms with Crippen LogP contribution in [-0.2, 0) is 4.79 Å². The first kappa shape index (κ1) is 18.8. The zero-order chi connectivity index (χ0) is 19.8. The standard InChI is InChI=1S/C21H30N6O2/c1-15-18-19(22-14-23-20(18)29-24-15)25-11-6-17(7-12-25)27-10-4-5-16(13-27)21(28)26-8-2-3-9-26/h14,16-17H,2-13H2,1H3. The number of rotatable bonds is 3. The van der Waals surface area contributed by atoms with E-state index in [1.807, 2.05) is 6.92 Å². The highest BCUT2D eigenvalue weighted by molar-refractivity contribution is 5.87. The van der Waals surface area contributed by atoms with Crippen LogP contribution in [-0.4, -0.2) is 76.1 Å². The Morgan fingerprint density at radius 2 is 1.83 bits per heavy atom. The lowest BCUT2D eigenvalue weighted by Crippen LogP contribution is -2.51. The van der Waals surface area contributed by atoms with E-state index < -0.39 is 0 Å². The highest BCUT2D eigenvalue weighted by Crippen LogP contribution is 2.30. The van der Waals surface area contributed by atoms with E-state index in [0.29, 0.717) is 17.7 Å². The average Bonchev–Trinajstić information content (AvgIpc) is 3.44. The summed E-state index contributed by atoms with van der Waals surface area (Å²) in [5.41, 5.74) is 1.41. The van der Waals surface area contributed by atoms with E-state index >= 15 is 0 Å². The van der Waals surface area contributed by atoms with Crippen LogP contribution in [0.3, 0.4) is 0 Å². The topological polar surface area (TPSA) is 78.6 Å². The van der Waals surface area contributed by atoms with E-state index in [1.54, 1.807) is 6.33 Å². The molecule has 8 heteroatoms. The van der Waals surface area contributed by atoms with E-state index in [2.05, 4.69) is 29.8 Å². The van der Waals surface area contributed by atoms with Gasteiger partial charge in [0.1, 0.15) is 17.5 Å². The van der Waals surface area contributed by atoms with Crippen molar-refractivity contribution in [3.8, 4) is 0 Å². The van der Waals surface area contributed by atoms with Gasteiger partial charge in [0, 0.05) is 38.8 Å². The highest BCUT2D eigenvalue weighted by atomic mass is 16.5. The Labute approximate surface area is 171 Å². The number of hydrogen-bond donors (Lipinski definition) is 0. The number of anilines is 1. The summed E-state index contributed by atoms with van der Waals surface area (Å²) < 4.78 is 5.30. The Kier molecular flexibility index (Phi) is 5.11. The molecule has 0 spiro atoms. The summed E-state index contributed by atoms with van der Waals surface area (Å²) in [5.74, 6) is 1.53. The summed E-state index contributed by atoms with van der Waals surface area (Å²) in [6.45, 7) is 7.84. The number of nitrogens with zero attached hydrogens (tertiary/aromatic N) is 6. The van der Waals surface area contributed by atoms with Crippen LogP contribution in [0.4, 0.5) is 5.82 Å². The first-order valence-corrected chi connectivity index (χ1v) is 11.1. The predicted molar refractivity (Wildman–Crippen MR) is 110 cm³/mol. The van der Waals surface area contributed by atoms with Crippen LogP contribution in [0.25, 0.3) is 11.1 Å². The van der Waals surface area contributed by atoms with E-state index in [9.17, 15) is 4.79 Å². The van der Waals surface area contributed by atoms with Crippen molar-refractivity contribution in [1.82, 2.24) is 24.9 Å². The van der Waals surface area contributed by atoms with Crippen molar-refractivity contribution >= 4 is 22.8 Å². The van der Waals surface area contributed by atoms with Crippen LogP contribution in [0.1, 0.15) is 44.2 Å². The molecule has 3 saturated heterocycles. The molecule has 0 aromatic carbocycles. The van der Waals surface area contributed by atoms with Crippen molar-refractivity contribution in [2.45, 2.75) is 51.5 Å². The summed E-state index contributed by atoms with van der Waals surface area (Å²) in [5, 5.41) is 4.98. The SMILES string of the molecule is Cc1noc2ncnc(N3CCC(N4CCCC(C(=O)N5CCCC5)C4)CC3)c12. The third-order valence-electron chi connectivity index (χ3n) is 6.92. The monoisotopic (exact) mass is 398 g/mol. The minimum absolute atomic E-state index is 0.195. The fourth-order valence-corrected chi connectivity index (χ4v) is 5.32. The molecule has 8 nitrogen and oxygen atoms in total. The molecular weight excluding hydrogens is 368 g/mol. The van der Waals surface area contributed by atoms with Crippen molar-refractivity contribution in [3.05, 3.63) is 12.0 Å². The van der Waals surface area contributed by atoms with Gasteiger partial charge in [0.25, 0.3) is 5.71 Å². The third-order valence-corrected chi connectivity index (χ3v) is 6.92. The van der Waals surface area contributed by atoms with Gasteiger partial charge in [-0.1, -0.05) is 5.16 Å². The minimum Gasteiger partial charge on any atom is -0.356 e. The lowest BCUT2D eigenvalue weighted by atomic mass is 9.93. The van der Waals surface area contributed by atoms with Crippen LogP contribution < -0.4 is 4.90 Å². The van der Waals surface area contributed by atoms with Crippen LogP contribution >= 0.6 is 0 Å². The van der Waals surface area contributed by atoms with Gasteiger partial charge in [0.2, 0.25) is 5.91 Å². The zero-order valence-corrected chi connectivity index (χ0v) is 17.2. The molecule has 156 valence electrons. The number of aromatic nitrogens is 3. The Morgan fingerprint density at radius 3 is 2.62 bits per heavy atom. The normalized spacial score (nSPS) is 24.5. The Morgan fingerprint density at radius 1 is 1.03 bits per heavy atom. The number of amides is 1. The van der Waals surface area contributed by atoms with Gasteiger partial charge in [-0.05, 0) is 52.0 Å². The number of carbonyl (C=O) groups is 1. The Balaban J connectivity index is 1.22. The largest absolute Gasteiger partial charge is 0.356 e. The van der Waals surface area contributed by atoms with E-state index in [4.69, 9.17) is 4.52 Å². The van der Waals surface area contributed by atoms with Crippen molar-refractivity contribution in [1.29, 1.82) is 0 Å². The molecule has 5 heterocycles. The van der Waals surface area contributed by atoms with Crippen LogP contribution in [0, 0.1) is 12.8 Å². The van der Waals surface area contributed by atoms with Gasteiger partial charge < -0.3 is 14.3 Å². The number of likely N-dealkylation sites (tertiary alicyclic amines) is 2. The number of aryl methyl sites for hydroxylation is 1. The maximum atomic E-state index is 12.9. The molecule has 5 rings (SSSR count). The quantitative estimate of drug-likeness (QED) is 0.784. The lowest BCUT2D eigenvalue weighted by Gasteiger charge is -2.42. The first-order chi connectivity index (χ1) is 14.2. The van der Waals surface area contributed by atoms with Gasteiger partial charge in [0.05, 0.1) is 11.6 Å². The van der Waals surface area contributed by atoms with E-state index in [1.165, 1.54) is 12.8 Å². The van der Waals surface area contributed by atoms with Crippen molar-refractivity contribution in [2.75, 3.05) is 44.2 Å². The molecule has 2 aromatic rings. The molecule has 1 atom stereocenters. The molecule has 2 aromatic heterocycles. The molecule has 3 aliphatic heterocycles. The second-order valence-corrected chi connectivity index (χ2v) is 8.73. The fraction of sp³-hybridized carbons (Fsp3) is 0.714. The third kappa shape index (κ3) is 3.58. The lowest BCUT2D eigenvalue weighted by molar-refractivity contribution is -0.136. The summed E-state index contributed by atoms with van der Waals surface area (Å²) in [4.78, 5) is 28.6. The smallest absolute Gasteiger partial charge is 0.263 e. The van der Waals surface area contributed by atoms with Gasteiger partial charge >= 0.3 is 0 Å². The number of piperidine rings is 2. The first-order valence-electron chi connectivity index (χ1n) is 11.1. The number of hydrogen-bond acceptors (Lipinski definition) is 7. The number of carbonyl (C=O) groups excluding carboxylic acids is 1. The minimum atomic E-state index is 0.195. The Hall–Kier alpha value is -2.22. The van der Waals surface area contributed by atoms with Crippen molar-refractivity contribution in [2.24, 2.45) is 5.92 Å². The Bertz CT molecular complexity index is 869. The molecule has 0 saturated carbocycles. The molecule has 0 radical (unpaired) electrons. The predicted octanol–water partition coefficient (Wildman–Crippen LogP) is 2.23. The summed E-state index contributed by atoms with van der Waals surface area (Å²) >= 11 is 0. The second kappa shape index (κ2) is 7.89. The van der Waals surface area contributed by atoms with E-state index in [-0.39, 0.29) is 5.92 Å². The van der Waals surface area contributed by atoms with Gasteiger partial charge in [0.15, 0.2) is 0 Å². The number of fused-ring (bicyclic) bond motifs is 1. The molecular formula is C21H30N6O2. The maximum absolute atomic E-state index is 12.9. The van der Waals surface area contributed by atoms with Gasteiger partial charge in [-0.25, -0.2) is 4.98 Å².